The second kappa shape index (κ2) is 13.5. The van der Waals surface area contributed by atoms with E-state index in [9.17, 15) is 0 Å². The van der Waals surface area contributed by atoms with E-state index < -0.39 is 0 Å². The summed E-state index contributed by atoms with van der Waals surface area (Å²) in [6.07, 6.45) is 36.9. The van der Waals surface area contributed by atoms with Crippen molar-refractivity contribution in [3.05, 3.63) is 11.6 Å². The first-order chi connectivity index (χ1) is 17.3. The van der Waals surface area contributed by atoms with Crippen LogP contribution >= 0.6 is 0 Å². The fraction of sp³-hybridized carbons (Fsp3) is 0.939. The summed E-state index contributed by atoms with van der Waals surface area (Å²) >= 11 is 0. The van der Waals surface area contributed by atoms with Gasteiger partial charge in [-0.2, -0.15) is 0 Å². The molecule has 0 amide bonds. The Kier molecular flexibility index (Phi) is 10.1. The Morgan fingerprint density at radius 1 is 0.514 bits per heavy atom. The molecule has 0 saturated heterocycles. The summed E-state index contributed by atoms with van der Waals surface area (Å²) in [6, 6.07) is 2.58. The second-order valence-corrected chi connectivity index (χ2v) is 13.3. The third-order valence-electron chi connectivity index (χ3n) is 11.1. The zero-order chi connectivity index (χ0) is 23.9. The van der Waals surface area contributed by atoms with Crippen LogP contribution in [0.25, 0.3) is 0 Å². The van der Waals surface area contributed by atoms with E-state index >= 15 is 0 Å². The highest BCUT2D eigenvalue weighted by Crippen LogP contribution is 2.43. The molecule has 2 nitrogen and oxygen atoms in total. The molecule has 0 spiro atoms. The van der Waals surface area contributed by atoms with Crippen molar-refractivity contribution in [2.45, 2.75) is 172 Å². The monoisotopic (exact) mass is 483 g/mol. The third-order valence-corrected chi connectivity index (χ3v) is 11.1. The van der Waals surface area contributed by atoms with Crippen molar-refractivity contribution in [2.24, 2.45) is 17.8 Å². The summed E-state index contributed by atoms with van der Waals surface area (Å²) in [5, 5.41) is 0. The van der Waals surface area contributed by atoms with E-state index in [0.717, 1.165) is 35.9 Å². The molecule has 0 aromatic carbocycles. The summed E-state index contributed by atoms with van der Waals surface area (Å²) in [7, 11) is 1.92. The highest BCUT2D eigenvalue weighted by atomic mass is 16.5. The van der Waals surface area contributed by atoms with E-state index in [4.69, 9.17) is 4.74 Å². The van der Waals surface area contributed by atoms with Crippen LogP contribution in [0.4, 0.5) is 0 Å². The van der Waals surface area contributed by atoms with Crippen LogP contribution in [-0.4, -0.2) is 36.2 Å². The Balaban J connectivity index is 1.24. The fourth-order valence-electron chi connectivity index (χ4n) is 9.17. The summed E-state index contributed by atoms with van der Waals surface area (Å²) in [6.45, 7) is 0. The molecule has 5 rings (SSSR count). The zero-order valence-electron chi connectivity index (χ0n) is 23.2. The number of methoxy groups -OCH3 is 1. The standard InChI is InChI=1S/C33H57NO/c1-35-32-23-21-31(22-24-32)34(29-15-9-4-10-16-29)30-19-17-26(18-20-30)25-33(27-11-5-2-6-12-27)28-13-7-3-8-14-28/h25-32H,2-24H2,1H3. The third kappa shape index (κ3) is 6.95. The van der Waals surface area contributed by atoms with Crippen LogP contribution in [0.1, 0.15) is 148 Å². The highest BCUT2D eigenvalue weighted by molar-refractivity contribution is 5.15. The van der Waals surface area contributed by atoms with Gasteiger partial charge in [0, 0.05) is 25.2 Å². The number of hydrogen-bond donors (Lipinski definition) is 0. The average molecular weight is 484 g/mol. The molecular weight excluding hydrogens is 426 g/mol. The Morgan fingerprint density at radius 3 is 1.43 bits per heavy atom. The number of ether oxygens (including phenoxy) is 1. The molecule has 0 bridgehead atoms. The molecule has 0 aromatic heterocycles. The van der Waals surface area contributed by atoms with E-state index in [2.05, 4.69) is 11.0 Å². The van der Waals surface area contributed by atoms with Gasteiger partial charge in [0.05, 0.1) is 6.10 Å². The summed E-state index contributed by atoms with van der Waals surface area (Å²) in [4.78, 5) is 3.13. The number of rotatable bonds is 7. The molecule has 0 atom stereocenters. The molecule has 5 saturated carbocycles. The first-order valence-electron chi connectivity index (χ1n) is 16.3. The number of allylic oxidation sites excluding steroid dienone is 2. The van der Waals surface area contributed by atoms with Gasteiger partial charge >= 0.3 is 0 Å². The second-order valence-electron chi connectivity index (χ2n) is 13.3. The van der Waals surface area contributed by atoms with Gasteiger partial charge in [0.25, 0.3) is 0 Å². The van der Waals surface area contributed by atoms with E-state index in [-0.39, 0.29) is 0 Å². The normalized spacial score (nSPS) is 34.7. The van der Waals surface area contributed by atoms with Crippen LogP contribution < -0.4 is 0 Å². The minimum atomic E-state index is 0.526. The Hall–Kier alpha value is -0.340. The van der Waals surface area contributed by atoms with Gasteiger partial charge in [-0.1, -0.05) is 69.4 Å². The minimum absolute atomic E-state index is 0.526. The largest absolute Gasteiger partial charge is 0.381 e. The molecule has 0 aliphatic heterocycles. The first-order valence-corrected chi connectivity index (χ1v) is 16.3. The fourth-order valence-corrected chi connectivity index (χ4v) is 9.17. The lowest BCUT2D eigenvalue weighted by molar-refractivity contribution is -0.0122. The topological polar surface area (TPSA) is 12.5 Å². The van der Waals surface area contributed by atoms with Gasteiger partial charge in [0.15, 0.2) is 0 Å². The van der Waals surface area contributed by atoms with E-state index in [1.165, 1.54) is 148 Å². The van der Waals surface area contributed by atoms with Crippen LogP contribution in [0, 0.1) is 17.8 Å². The molecule has 0 heterocycles. The van der Waals surface area contributed by atoms with Crippen LogP contribution in [-0.2, 0) is 4.74 Å². The maximum absolute atomic E-state index is 5.74. The van der Waals surface area contributed by atoms with Crippen molar-refractivity contribution in [2.75, 3.05) is 7.11 Å². The molecule has 0 unspecified atom stereocenters. The summed E-state index contributed by atoms with van der Waals surface area (Å²) < 4.78 is 5.74. The Labute approximate surface area is 218 Å². The maximum Gasteiger partial charge on any atom is 0.0572 e. The molecule has 5 aliphatic carbocycles. The molecule has 5 aliphatic rings. The van der Waals surface area contributed by atoms with Crippen LogP contribution in [0.2, 0.25) is 0 Å². The Morgan fingerprint density at radius 2 is 0.943 bits per heavy atom. The lowest BCUT2D eigenvalue weighted by Gasteiger charge is -2.49. The highest BCUT2D eigenvalue weighted by Gasteiger charge is 2.37. The van der Waals surface area contributed by atoms with Crippen molar-refractivity contribution < 1.29 is 4.74 Å². The summed E-state index contributed by atoms with van der Waals surface area (Å²) in [5.74, 6) is 2.76. The lowest BCUT2D eigenvalue weighted by atomic mass is 9.71. The lowest BCUT2D eigenvalue weighted by Crippen LogP contribution is -2.52. The molecule has 0 radical (unpaired) electrons. The van der Waals surface area contributed by atoms with Crippen LogP contribution in [0.3, 0.4) is 0 Å². The van der Waals surface area contributed by atoms with Gasteiger partial charge in [0.1, 0.15) is 0 Å². The van der Waals surface area contributed by atoms with Crippen LogP contribution in [0.5, 0.6) is 0 Å². The molecule has 0 N–H and O–H groups in total. The number of nitrogens with zero attached hydrogens (tertiary/aromatic N) is 1. The molecule has 200 valence electrons. The smallest absolute Gasteiger partial charge is 0.0572 e. The van der Waals surface area contributed by atoms with Gasteiger partial charge in [-0.3, -0.25) is 4.90 Å². The van der Waals surface area contributed by atoms with E-state index in [1.807, 2.05) is 12.7 Å². The molecule has 5 fully saturated rings. The van der Waals surface area contributed by atoms with Crippen LogP contribution in [0.15, 0.2) is 11.6 Å². The van der Waals surface area contributed by atoms with Gasteiger partial charge in [-0.05, 0) is 108 Å². The van der Waals surface area contributed by atoms with Crippen molar-refractivity contribution in [3.8, 4) is 0 Å². The van der Waals surface area contributed by atoms with Crippen molar-refractivity contribution in [1.29, 1.82) is 0 Å². The van der Waals surface area contributed by atoms with Crippen molar-refractivity contribution >= 4 is 0 Å². The van der Waals surface area contributed by atoms with Gasteiger partial charge < -0.3 is 4.74 Å². The van der Waals surface area contributed by atoms with Crippen molar-refractivity contribution in [1.82, 2.24) is 4.90 Å². The SMILES string of the molecule is COC1CCC(N(C2CCCCC2)C2CCC(C=C(C3CCCCC3)C3CCCCC3)CC2)CC1. The first kappa shape index (κ1) is 26.3. The Bertz CT molecular complexity index is 603. The molecule has 2 heteroatoms. The number of hydrogen-bond acceptors (Lipinski definition) is 2. The van der Waals surface area contributed by atoms with Gasteiger partial charge in [-0.15, -0.1) is 0 Å². The summed E-state index contributed by atoms with van der Waals surface area (Å²) in [5.41, 5.74) is 1.97. The van der Waals surface area contributed by atoms with Gasteiger partial charge in [0.2, 0.25) is 0 Å². The predicted octanol–water partition coefficient (Wildman–Crippen LogP) is 9.22. The minimum Gasteiger partial charge on any atom is -0.381 e. The molecule has 35 heavy (non-hydrogen) atoms. The van der Waals surface area contributed by atoms with E-state index in [0.29, 0.717) is 6.10 Å². The maximum atomic E-state index is 5.74. The van der Waals surface area contributed by atoms with E-state index in [1.54, 1.807) is 0 Å². The zero-order valence-corrected chi connectivity index (χ0v) is 23.2. The molecule has 0 aromatic rings. The average Bonchev–Trinajstić information content (AvgIpc) is 2.94. The van der Waals surface area contributed by atoms with Crippen molar-refractivity contribution in [3.63, 3.8) is 0 Å². The molecular formula is C33H57NO. The quantitative estimate of drug-likeness (QED) is 0.335. The van der Waals surface area contributed by atoms with Gasteiger partial charge in [-0.25, -0.2) is 0 Å². The predicted molar refractivity (Wildman–Crippen MR) is 149 cm³/mol.